The standard InChI is InChI=1S/C18H18O4/c1-3-4-13(18(19)20)11-5-7-16-14(9-11)15-10-12(21-2)6-8-17(15)22-16/h5-10,13H,3-4H2,1-2H3,(H,19,20). The summed E-state index contributed by atoms with van der Waals surface area (Å²) in [6.07, 6.45) is 1.45. The highest BCUT2D eigenvalue weighted by Crippen LogP contribution is 2.34. The minimum absolute atomic E-state index is 0.482. The van der Waals surface area contributed by atoms with Crippen LogP contribution in [0.25, 0.3) is 21.9 Å². The lowest BCUT2D eigenvalue weighted by Crippen LogP contribution is -2.11. The number of benzene rings is 2. The van der Waals surface area contributed by atoms with E-state index in [1.54, 1.807) is 7.11 Å². The molecule has 0 radical (unpaired) electrons. The number of rotatable bonds is 5. The van der Waals surface area contributed by atoms with Crippen LogP contribution < -0.4 is 4.74 Å². The van der Waals surface area contributed by atoms with E-state index in [4.69, 9.17) is 9.15 Å². The molecule has 0 aliphatic rings. The molecule has 1 N–H and O–H groups in total. The summed E-state index contributed by atoms with van der Waals surface area (Å²) in [5.74, 6) is -0.513. The molecule has 4 nitrogen and oxygen atoms in total. The lowest BCUT2D eigenvalue weighted by Gasteiger charge is -2.11. The van der Waals surface area contributed by atoms with Crippen molar-refractivity contribution in [1.29, 1.82) is 0 Å². The molecule has 1 aromatic heterocycles. The first-order valence-corrected chi connectivity index (χ1v) is 7.37. The highest BCUT2D eigenvalue weighted by atomic mass is 16.5. The van der Waals surface area contributed by atoms with Crippen LogP contribution in [-0.2, 0) is 4.79 Å². The van der Waals surface area contributed by atoms with Crippen molar-refractivity contribution in [3.8, 4) is 5.75 Å². The van der Waals surface area contributed by atoms with Crippen molar-refractivity contribution in [3.63, 3.8) is 0 Å². The van der Waals surface area contributed by atoms with Crippen molar-refractivity contribution in [2.24, 2.45) is 0 Å². The van der Waals surface area contributed by atoms with Gasteiger partial charge in [0.15, 0.2) is 0 Å². The number of methoxy groups -OCH3 is 1. The third kappa shape index (κ3) is 2.41. The van der Waals surface area contributed by atoms with Crippen LogP contribution in [0, 0.1) is 0 Å². The lowest BCUT2D eigenvalue weighted by molar-refractivity contribution is -0.139. The molecule has 22 heavy (non-hydrogen) atoms. The normalized spacial score (nSPS) is 12.6. The number of fused-ring (bicyclic) bond motifs is 3. The predicted octanol–water partition coefficient (Wildman–Crippen LogP) is 4.56. The Kier molecular flexibility index (Phi) is 3.75. The van der Waals surface area contributed by atoms with E-state index in [2.05, 4.69) is 0 Å². The molecular weight excluding hydrogens is 280 g/mol. The Labute approximate surface area is 128 Å². The maximum absolute atomic E-state index is 11.5. The fraction of sp³-hybridized carbons (Fsp3) is 0.278. The zero-order valence-electron chi connectivity index (χ0n) is 12.6. The van der Waals surface area contributed by atoms with Gasteiger partial charge in [-0.05, 0) is 42.3 Å². The molecular formula is C18H18O4. The molecule has 0 saturated carbocycles. The summed E-state index contributed by atoms with van der Waals surface area (Å²) in [5, 5.41) is 11.3. The monoisotopic (exact) mass is 298 g/mol. The second kappa shape index (κ2) is 5.72. The molecule has 3 aromatic rings. The largest absolute Gasteiger partial charge is 0.497 e. The fourth-order valence-electron chi connectivity index (χ4n) is 2.84. The Hall–Kier alpha value is -2.49. The van der Waals surface area contributed by atoms with Crippen LogP contribution in [0.5, 0.6) is 5.75 Å². The molecule has 3 rings (SSSR count). The second-order valence-electron chi connectivity index (χ2n) is 5.40. The van der Waals surface area contributed by atoms with Crippen molar-refractivity contribution in [1.82, 2.24) is 0 Å². The summed E-state index contributed by atoms with van der Waals surface area (Å²) in [7, 11) is 1.62. The van der Waals surface area contributed by atoms with E-state index < -0.39 is 11.9 Å². The minimum Gasteiger partial charge on any atom is -0.497 e. The Morgan fingerprint density at radius 3 is 2.50 bits per heavy atom. The topological polar surface area (TPSA) is 59.7 Å². The lowest BCUT2D eigenvalue weighted by atomic mass is 9.93. The van der Waals surface area contributed by atoms with Crippen molar-refractivity contribution >= 4 is 27.9 Å². The van der Waals surface area contributed by atoms with Gasteiger partial charge in [-0.1, -0.05) is 19.4 Å². The number of furan rings is 1. The predicted molar refractivity (Wildman–Crippen MR) is 85.6 cm³/mol. The van der Waals surface area contributed by atoms with E-state index in [1.165, 1.54) is 0 Å². The molecule has 0 aliphatic carbocycles. The zero-order chi connectivity index (χ0) is 15.7. The van der Waals surface area contributed by atoms with Gasteiger partial charge in [0.25, 0.3) is 0 Å². The molecule has 1 heterocycles. The van der Waals surface area contributed by atoms with Crippen molar-refractivity contribution in [3.05, 3.63) is 42.0 Å². The van der Waals surface area contributed by atoms with E-state index in [1.807, 2.05) is 43.3 Å². The first-order chi connectivity index (χ1) is 10.6. The van der Waals surface area contributed by atoms with Gasteiger partial charge in [0.05, 0.1) is 13.0 Å². The van der Waals surface area contributed by atoms with Crippen molar-refractivity contribution in [2.75, 3.05) is 7.11 Å². The summed E-state index contributed by atoms with van der Waals surface area (Å²) in [5.41, 5.74) is 2.34. The number of aliphatic carboxylic acids is 1. The third-order valence-corrected chi connectivity index (χ3v) is 3.98. The second-order valence-corrected chi connectivity index (χ2v) is 5.40. The first-order valence-electron chi connectivity index (χ1n) is 7.37. The third-order valence-electron chi connectivity index (χ3n) is 3.98. The van der Waals surface area contributed by atoms with Crippen LogP contribution in [0.4, 0.5) is 0 Å². The first kappa shape index (κ1) is 14.4. The molecule has 0 fully saturated rings. The Morgan fingerprint density at radius 2 is 1.86 bits per heavy atom. The van der Waals surface area contributed by atoms with E-state index in [0.29, 0.717) is 6.42 Å². The molecule has 0 aliphatic heterocycles. The molecule has 0 bridgehead atoms. The van der Waals surface area contributed by atoms with E-state index >= 15 is 0 Å². The quantitative estimate of drug-likeness (QED) is 0.750. The minimum atomic E-state index is -0.786. The Bertz CT molecular complexity index is 832. The molecule has 1 atom stereocenters. The highest BCUT2D eigenvalue weighted by Gasteiger charge is 2.20. The van der Waals surface area contributed by atoms with Gasteiger partial charge in [0, 0.05) is 10.8 Å². The van der Waals surface area contributed by atoms with Crippen LogP contribution in [-0.4, -0.2) is 18.2 Å². The average Bonchev–Trinajstić information content (AvgIpc) is 2.89. The van der Waals surface area contributed by atoms with Crippen LogP contribution in [0.15, 0.2) is 40.8 Å². The number of hydrogen-bond donors (Lipinski definition) is 1. The van der Waals surface area contributed by atoms with Gasteiger partial charge < -0.3 is 14.3 Å². The highest BCUT2D eigenvalue weighted by molar-refractivity contribution is 6.05. The van der Waals surface area contributed by atoms with Gasteiger partial charge in [-0.2, -0.15) is 0 Å². The van der Waals surface area contributed by atoms with E-state index in [-0.39, 0.29) is 0 Å². The number of carboxylic acid groups (broad SMARTS) is 1. The molecule has 0 amide bonds. The van der Waals surface area contributed by atoms with Gasteiger partial charge in [0.2, 0.25) is 0 Å². The summed E-state index contributed by atoms with van der Waals surface area (Å²) in [4.78, 5) is 11.5. The van der Waals surface area contributed by atoms with E-state index in [9.17, 15) is 9.90 Å². The molecule has 0 saturated heterocycles. The smallest absolute Gasteiger partial charge is 0.310 e. The average molecular weight is 298 g/mol. The summed E-state index contributed by atoms with van der Waals surface area (Å²) < 4.78 is 11.1. The molecule has 4 heteroatoms. The fourth-order valence-corrected chi connectivity index (χ4v) is 2.84. The maximum Gasteiger partial charge on any atom is 0.310 e. The van der Waals surface area contributed by atoms with Gasteiger partial charge in [-0.15, -0.1) is 0 Å². The number of carboxylic acids is 1. The molecule has 114 valence electrons. The maximum atomic E-state index is 11.5. The SMILES string of the molecule is CCCC(C(=O)O)c1ccc2oc3ccc(OC)cc3c2c1. The van der Waals surface area contributed by atoms with Crippen LogP contribution in [0.3, 0.4) is 0 Å². The number of carbonyl (C=O) groups is 1. The Balaban J connectivity index is 2.18. The van der Waals surface area contributed by atoms with Gasteiger partial charge in [-0.25, -0.2) is 0 Å². The number of ether oxygens (including phenoxy) is 1. The van der Waals surface area contributed by atoms with Crippen molar-refractivity contribution < 1.29 is 19.1 Å². The van der Waals surface area contributed by atoms with Crippen molar-refractivity contribution in [2.45, 2.75) is 25.7 Å². The summed E-state index contributed by atoms with van der Waals surface area (Å²) >= 11 is 0. The molecule has 0 spiro atoms. The zero-order valence-corrected chi connectivity index (χ0v) is 12.6. The van der Waals surface area contributed by atoms with Crippen LogP contribution in [0.1, 0.15) is 31.2 Å². The van der Waals surface area contributed by atoms with Crippen LogP contribution in [0.2, 0.25) is 0 Å². The van der Waals surface area contributed by atoms with Gasteiger partial charge >= 0.3 is 5.97 Å². The molecule has 2 aromatic carbocycles. The van der Waals surface area contributed by atoms with Crippen LogP contribution >= 0.6 is 0 Å². The number of hydrogen-bond acceptors (Lipinski definition) is 3. The van der Waals surface area contributed by atoms with E-state index in [0.717, 1.165) is 39.7 Å². The summed E-state index contributed by atoms with van der Waals surface area (Å²) in [6, 6.07) is 11.3. The van der Waals surface area contributed by atoms with Gasteiger partial charge in [-0.3, -0.25) is 4.79 Å². The summed E-state index contributed by atoms with van der Waals surface area (Å²) in [6.45, 7) is 1.99. The Morgan fingerprint density at radius 1 is 1.18 bits per heavy atom. The van der Waals surface area contributed by atoms with Gasteiger partial charge in [0.1, 0.15) is 16.9 Å². The molecule has 1 unspecified atom stereocenters.